The first-order valence-corrected chi connectivity index (χ1v) is 5.86. The number of rotatable bonds is 4. The van der Waals surface area contributed by atoms with Crippen LogP contribution in [-0.4, -0.2) is 41.9 Å². The summed E-state index contributed by atoms with van der Waals surface area (Å²) in [5, 5.41) is 11.4. The van der Waals surface area contributed by atoms with Crippen LogP contribution in [0.3, 0.4) is 0 Å². The summed E-state index contributed by atoms with van der Waals surface area (Å²) in [6.45, 7) is 3.96. The summed E-state index contributed by atoms with van der Waals surface area (Å²) in [6.07, 6.45) is 1.50. The van der Waals surface area contributed by atoms with Crippen molar-refractivity contribution in [3.63, 3.8) is 0 Å². The monoisotopic (exact) mass is 262 g/mol. The van der Waals surface area contributed by atoms with Crippen molar-refractivity contribution >= 4 is 5.91 Å². The van der Waals surface area contributed by atoms with Crippen molar-refractivity contribution in [3.05, 3.63) is 29.6 Å². The van der Waals surface area contributed by atoms with Gasteiger partial charge in [0.2, 0.25) is 0 Å². The molecule has 0 saturated heterocycles. The van der Waals surface area contributed by atoms with E-state index in [1.807, 2.05) is 13.8 Å². The van der Waals surface area contributed by atoms with Crippen LogP contribution in [-0.2, 0) is 4.74 Å². The molecule has 5 nitrogen and oxygen atoms in total. The molecule has 0 fully saturated rings. The number of nitrogens with one attached hydrogen (secondary N) is 1. The lowest BCUT2D eigenvalue weighted by molar-refractivity contribution is 0.0815. The van der Waals surface area contributed by atoms with E-state index in [4.69, 9.17) is 9.84 Å². The standard InChI is InChI=1S/C14H18N2O3/c1-14(2,10-19-3)16-13(18)12-7-6-11(9-15-12)5-4-8-17/h6-7,9,17H,8,10H2,1-3H3,(H,16,18). The number of hydrogen-bond donors (Lipinski definition) is 2. The second-order valence-corrected chi connectivity index (χ2v) is 4.66. The number of aliphatic hydroxyl groups is 1. The molecule has 0 unspecified atom stereocenters. The molecule has 1 amide bonds. The number of amides is 1. The number of nitrogens with zero attached hydrogens (tertiary/aromatic N) is 1. The quantitative estimate of drug-likeness (QED) is 0.779. The lowest BCUT2D eigenvalue weighted by Gasteiger charge is -2.24. The van der Waals surface area contributed by atoms with Gasteiger partial charge >= 0.3 is 0 Å². The van der Waals surface area contributed by atoms with Gasteiger partial charge in [0.1, 0.15) is 12.3 Å². The Bertz CT molecular complexity index is 484. The Balaban J connectivity index is 2.73. The molecular weight excluding hydrogens is 244 g/mol. The van der Waals surface area contributed by atoms with E-state index in [2.05, 4.69) is 22.1 Å². The van der Waals surface area contributed by atoms with Crippen LogP contribution in [0.15, 0.2) is 18.3 Å². The number of carbonyl (C=O) groups is 1. The Kier molecular flexibility index (Phi) is 5.49. The van der Waals surface area contributed by atoms with Gasteiger partial charge in [0, 0.05) is 18.9 Å². The van der Waals surface area contributed by atoms with E-state index in [1.54, 1.807) is 19.2 Å². The van der Waals surface area contributed by atoms with Gasteiger partial charge in [0.25, 0.3) is 5.91 Å². The molecule has 0 radical (unpaired) electrons. The summed E-state index contributed by atoms with van der Waals surface area (Å²) in [4.78, 5) is 16.0. The van der Waals surface area contributed by atoms with Gasteiger partial charge in [-0.15, -0.1) is 0 Å². The van der Waals surface area contributed by atoms with Crippen molar-refractivity contribution in [1.29, 1.82) is 0 Å². The molecule has 1 rings (SSSR count). The minimum absolute atomic E-state index is 0.201. The van der Waals surface area contributed by atoms with Crippen LogP contribution in [0.1, 0.15) is 29.9 Å². The highest BCUT2D eigenvalue weighted by atomic mass is 16.5. The van der Waals surface area contributed by atoms with Crippen LogP contribution >= 0.6 is 0 Å². The zero-order valence-corrected chi connectivity index (χ0v) is 11.4. The largest absolute Gasteiger partial charge is 0.384 e. The Hall–Kier alpha value is -1.90. The topological polar surface area (TPSA) is 71.5 Å². The molecule has 1 heterocycles. The van der Waals surface area contributed by atoms with Crippen molar-refractivity contribution in [1.82, 2.24) is 10.3 Å². The predicted molar refractivity (Wildman–Crippen MR) is 71.6 cm³/mol. The van der Waals surface area contributed by atoms with Gasteiger partial charge in [-0.1, -0.05) is 11.8 Å². The number of aliphatic hydroxyl groups excluding tert-OH is 1. The molecule has 0 aromatic carbocycles. The van der Waals surface area contributed by atoms with Crippen molar-refractivity contribution in [2.75, 3.05) is 20.3 Å². The maximum absolute atomic E-state index is 12.0. The maximum Gasteiger partial charge on any atom is 0.270 e. The highest BCUT2D eigenvalue weighted by molar-refractivity contribution is 5.92. The summed E-state index contributed by atoms with van der Waals surface area (Å²) in [6, 6.07) is 3.29. The first-order chi connectivity index (χ1) is 8.98. The Labute approximate surface area is 113 Å². The number of hydrogen-bond acceptors (Lipinski definition) is 4. The van der Waals surface area contributed by atoms with E-state index in [0.29, 0.717) is 17.9 Å². The first-order valence-electron chi connectivity index (χ1n) is 5.86. The van der Waals surface area contributed by atoms with Crippen molar-refractivity contribution in [2.24, 2.45) is 0 Å². The fraction of sp³-hybridized carbons (Fsp3) is 0.429. The molecule has 0 aliphatic heterocycles. The van der Waals surface area contributed by atoms with Crippen LogP contribution in [0.2, 0.25) is 0 Å². The molecular formula is C14H18N2O3. The zero-order valence-electron chi connectivity index (χ0n) is 11.4. The van der Waals surface area contributed by atoms with Crippen LogP contribution < -0.4 is 5.32 Å². The second-order valence-electron chi connectivity index (χ2n) is 4.66. The zero-order chi connectivity index (χ0) is 14.3. The summed E-state index contributed by atoms with van der Waals surface area (Å²) in [5.41, 5.74) is 0.517. The van der Waals surface area contributed by atoms with Crippen LogP contribution in [0.4, 0.5) is 0 Å². The average molecular weight is 262 g/mol. The third-order valence-corrected chi connectivity index (χ3v) is 2.27. The lowest BCUT2D eigenvalue weighted by Crippen LogP contribution is -2.47. The molecule has 102 valence electrons. The van der Waals surface area contributed by atoms with Gasteiger partial charge in [-0.05, 0) is 26.0 Å². The number of pyridine rings is 1. The highest BCUT2D eigenvalue weighted by Gasteiger charge is 2.21. The molecule has 5 heteroatoms. The third kappa shape index (κ3) is 5.08. The molecule has 19 heavy (non-hydrogen) atoms. The minimum Gasteiger partial charge on any atom is -0.384 e. The molecule has 1 aromatic heterocycles. The van der Waals surface area contributed by atoms with Crippen LogP contribution in [0.25, 0.3) is 0 Å². The molecule has 2 N–H and O–H groups in total. The number of methoxy groups -OCH3 is 1. The van der Waals surface area contributed by atoms with E-state index in [0.717, 1.165) is 0 Å². The van der Waals surface area contributed by atoms with Gasteiger partial charge in [-0.25, -0.2) is 4.98 Å². The number of ether oxygens (including phenoxy) is 1. The Morgan fingerprint density at radius 2 is 2.26 bits per heavy atom. The van der Waals surface area contributed by atoms with E-state index < -0.39 is 5.54 Å². The predicted octanol–water partition coefficient (Wildman–Crippen LogP) is 0.580. The van der Waals surface area contributed by atoms with E-state index in [9.17, 15) is 4.79 Å². The first kappa shape index (κ1) is 15.2. The minimum atomic E-state index is -0.455. The van der Waals surface area contributed by atoms with Gasteiger partial charge in [0.05, 0.1) is 12.1 Å². The molecule has 0 aliphatic carbocycles. The van der Waals surface area contributed by atoms with Gasteiger partial charge in [-0.3, -0.25) is 4.79 Å². The second kappa shape index (κ2) is 6.88. The third-order valence-electron chi connectivity index (χ3n) is 2.27. The average Bonchev–Trinajstić information content (AvgIpc) is 2.36. The highest BCUT2D eigenvalue weighted by Crippen LogP contribution is 2.05. The van der Waals surface area contributed by atoms with Gasteiger partial charge in [0.15, 0.2) is 0 Å². The van der Waals surface area contributed by atoms with Crippen LogP contribution in [0.5, 0.6) is 0 Å². The van der Waals surface area contributed by atoms with E-state index >= 15 is 0 Å². The summed E-state index contributed by atoms with van der Waals surface area (Å²) < 4.78 is 5.03. The number of carbonyl (C=O) groups excluding carboxylic acids is 1. The summed E-state index contributed by atoms with van der Waals surface area (Å²) in [7, 11) is 1.58. The van der Waals surface area contributed by atoms with Gasteiger partial charge < -0.3 is 15.2 Å². The SMILES string of the molecule is COCC(C)(C)NC(=O)c1ccc(C#CCO)cn1. The fourth-order valence-corrected chi connectivity index (χ4v) is 1.51. The molecule has 0 atom stereocenters. The van der Waals surface area contributed by atoms with Crippen molar-refractivity contribution < 1.29 is 14.6 Å². The summed E-state index contributed by atoms with van der Waals surface area (Å²) >= 11 is 0. The van der Waals surface area contributed by atoms with E-state index in [-0.39, 0.29) is 12.5 Å². The Morgan fingerprint density at radius 3 is 2.79 bits per heavy atom. The maximum atomic E-state index is 12.0. The lowest BCUT2D eigenvalue weighted by atomic mass is 10.1. The molecule has 0 bridgehead atoms. The van der Waals surface area contributed by atoms with Crippen molar-refractivity contribution in [3.8, 4) is 11.8 Å². The van der Waals surface area contributed by atoms with Crippen molar-refractivity contribution in [2.45, 2.75) is 19.4 Å². The fourth-order valence-electron chi connectivity index (χ4n) is 1.51. The molecule has 1 aromatic rings. The molecule has 0 spiro atoms. The molecule has 0 aliphatic rings. The summed E-state index contributed by atoms with van der Waals surface area (Å²) in [5.74, 6) is 4.97. The van der Waals surface area contributed by atoms with Gasteiger partial charge in [-0.2, -0.15) is 0 Å². The number of aromatic nitrogens is 1. The van der Waals surface area contributed by atoms with E-state index in [1.165, 1.54) is 6.20 Å². The smallest absolute Gasteiger partial charge is 0.270 e. The Morgan fingerprint density at radius 1 is 1.53 bits per heavy atom. The normalized spacial score (nSPS) is 10.5. The molecule has 0 saturated carbocycles. The van der Waals surface area contributed by atoms with Crippen LogP contribution in [0, 0.1) is 11.8 Å².